The second-order valence-electron chi connectivity index (χ2n) is 9.22. The topological polar surface area (TPSA) is 76.0 Å². The van der Waals surface area contributed by atoms with Crippen LogP contribution in [0.1, 0.15) is 50.2 Å². The fraction of sp³-hybridized carbons (Fsp3) is 0.207. The first kappa shape index (κ1) is 22.6. The molecule has 0 spiro atoms. The van der Waals surface area contributed by atoms with Gasteiger partial charge in [0, 0.05) is 29.1 Å². The van der Waals surface area contributed by atoms with Crippen molar-refractivity contribution in [2.24, 2.45) is 0 Å². The van der Waals surface area contributed by atoms with Crippen molar-refractivity contribution in [1.29, 1.82) is 0 Å². The third-order valence-corrected chi connectivity index (χ3v) is 6.28. The molecule has 1 fully saturated rings. The molecule has 0 unspecified atom stereocenters. The number of aromatic nitrogens is 2. The molecule has 6 heteroatoms. The van der Waals surface area contributed by atoms with Crippen molar-refractivity contribution >= 4 is 17.5 Å². The zero-order valence-corrected chi connectivity index (χ0v) is 20.1. The van der Waals surface area contributed by atoms with Crippen LogP contribution >= 0.6 is 0 Å². The van der Waals surface area contributed by atoms with E-state index in [1.54, 1.807) is 23.0 Å². The number of para-hydroxylation sites is 1. The fourth-order valence-corrected chi connectivity index (χ4v) is 4.12. The molecule has 176 valence electrons. The number of aryl methyl sites for hydroxylation is 3. The molecular formula is C29H28N4O2. The molecule has 1 aliphatic carbocycles. The summed E-state index contributed by atoms with van der Waals surface area (Å²) in [5, 5.41) is 10.8. The summed E-state index contributed by atoms with van der Waals surface area (Å²) < 4.78 is 1.73. The maximum absolute atomic E-state index is 13.6. The second kappa shape index (κ2) is 9.22. The first-order valence-corrected chi connectivity index (χ1v) is 11.8. The summed E-state index contributed by atoms with van der Waals surface area (Å²) in [6.07, 6.45) is 3.81. The van der Waals surface area contributed by atoms with E-state index >= 15 is 0 Å². The minimum Gasteiger partial charge on any atom is -0.349 e. The lowest BCUT2D eigenvalue weighted by molar-refractivity contribution is 0.0949. The Labute approximate surface area is 205 Å². The predicted octanol–water partition coefficient (Wildman–Crippen LogP) is 5.61. The Kier molecular flexibility index (Phi) is 5.95. The van der Waals surface area contributed by atoms with Gasteiger partial charge in [-0.3, -0.25) is 9.59 Å². The van der Waals surface area contributed by atoms with E-state index in [4.69, 9.17) is 5.10 Å². The van der Waals surface area contributed by atoms with Crippen molar-refractivity contribution < 1.29 is 9.59 Å². The molecule has 35 heavy (non-hydrogen) atoms. The Morgan fingerprint density at radius 1 is 0.886 bits per heavy atom. The molecule has 2 amide bonds. The van der Waals surface area contributed by atoms with E-state index in [1.807, 2.05) is 69.3 Å². The van der Waals surface area contributed by atoms with E-state index in [-0.39, 0.29) is 17.9 Å². The van der Waals surface area contributed by atoms with Crippen LogP contribution in [-0.2, 0) is 0 Å². The predicted molar refractivity (Wildman–Crippen MR) is 138 cm³/mol. The standard InChI is InChI=1S/C29H28N4O2/c1-18-9-14-24(20(3)15-18)27-25(17-33(32-27)23-7-5-4-6-8-23)29(35)31-26-16-21(11-10-19(26)2)28(34)30-22-12-13-22/h4-11,14-17,22H,12-13H2,1-3H3,(H,30,34)(H,31,35). The molecule has 0 saturated heterocycles. The molecule has 6 nitrogen and oxygen atoms in total. The van der Waals surface area contributed by atoms with Crippen molar-refractivity contribution in [3.8, 4) is 16.9 Å². The lowest BCUT2D eigenvalue weighted by Crippen LogP contribution is -2.25. The Balaban J connectivity index is 1.51. The van der Waals surface area contributed by atoms with E-state index in [9.17, 15) is 9.59 Å². The number of benzene rings is 3. The van der Waals surface area contributed by atoms with Crippen molar-refractivity contribution in [2.45, 2.75) is 39.7 Å². The van der Waals surface area contributed by atoms with E-state index in [1.165, 1.54) is 0 Å². The number of carbonyl (C=O) groups is 2. The van der Waals surface area contributed by atoms with Crippen LogP contribution in [0.5, 0.6) is 0 Å². The molecular weight excluding hydrogens is 436 g/mol. The van der Waals surface area contributed by atoms with Crippen LogP contribution in [-0.4, -0.2) is 27.6 Å². The van der Waals surface area contributed by atoms with Crippen molar-refractivity contribution in [3.05, 3.63) is 101 Å². The van der Waals surface area contributed by atoms with Gasteiger partial charge < -0.3 is 10.6 Å². The lowest BCUT2D eigenvalue weighted by Gasteiger charge is -2.12. The Hall–Kier alpha value is -4.19. The van der Waals surface area contributed by atoms with Crippen LogP contribution in [0.25, 0.3) is 16.9 Å². The first-order chi connectivity index (χ1) is 16.9. The van der Waals surface area contributed by atoms with Gasteiger partial charge in [0.2, 0.25) is 0 Å². The van der Waals surface area contributed by atoms with Gasteiger partial charge in [0.1, 0.15) is 5.69 Å². The lowest BCUT2D eigenvalue weighted by atomic mass is 10.0. The van der Waals surface area contributed by atoms with Gasteiger partial charge >= 0.3 is 0 Å². The van der Waals surface area contributed by atoms with Gasteiger partial charge in [0.05, 0.1) is 11.3 Å². The van der Waals surface area contributed by atoms with Crippen molar-refractivity contribution in [1.82, 2.24) is 15.1 Å². The Morgan fingerprint density at radius 3 is 2.37 bits per heavy atom. The zero-order chi connectivity index (χ0) is 24.5. The maximum Gasteiger partial charge on any atom is 0.259 e. The van der Waals surface area contributed by atoms with E-state index in [0.717, 1.165) is 40.8 Å². The number of hydrogen-bond donors (Lipinski definition) is 2. The van der Waals surface area contributed by atoms with Crippen LogP contribution in [0.15, 0.2) is 72.9 Å². The molecule has 1 aliphatic rings. The van der Waals surface area contributed by atoms with Crippen molar-refractivity contribution in [3.63, 3.8) is 0 Å². The highest BCUT2D eigenvalue weighted by atomic mass is 16.2. The largest absolute Gasteiger partial charge is 0.349 e. The van der Waals surface area contributed by atoms with E-state index in [2.05, 4.69) is 16.7 Å². The molecule has 5 rings (SSSR count). The molecule has 0 bridgehead atoms. The summed E-state index contributed by atoms with van der Waals surface area (Å²) in [5.41, 5.74) is 7.08. The summed E-state index contributed by atoms with van der Waals surface area (Å²) in [6, 6.07) is 21.5. The molecule has 0 aliphatic heterocycles. The summed E-state index contributed by atoms with van der Waals surface area (Å²) in [7, 11) is 0. The average molecular weight is 465 g/mol. The van der Waals surface area contributed by atoms with E-state index in [0.29, 0.717) is 22.5 Å². The van der Waals surface area contributed by atoms with Crippen LogP contribution < -0.4 is 10.6 Å². The first-order valence-electron chi connectivity index (χ1n) is 11.8. The SMILES string of the molecule is Cc1ccc(-c2nn(-c3ccccc3)cc2C(=O)Nc2cc(C(=O)NC3CC3)ccc2C)c(C)c1. The number of rotatable bonds is 6. The summed E-state index contributed by atoms with van der Waals surface area (Å²) in [4.78, 5) is 26.1. The number of amides is 2. The molecule has 4 aromatic rings. The highest BCUT2D eigenvalue weighted by molar-refractivity contribution is 6.09. The summed E-state index contributed by atoms with van der Waals surface area (Å²) in [6.45, 7) is 5.98. The van der Waals surface area contributed by atoms with Gasteiger partial charge in [-0.2, -0.15) is 5.10 Å². The van der Waals surface area contributed by atoms with Gasteiger partial charge in [0.25, 0.3) is 11.8 Å². The Morgan fingerprint density at radius 2 is 1.66 bits per heavy atom. The number of nitrogens with zero attached hydrogens (tertiary/aromatic N) is 2. The average Bonchev–Trinajstić information content (AvgIpc) is 3.55. The van der Waals surface area contributed by atoms with E-state index < -0.39 is 0 Å². The van der Waals surface area contributed by atoms with Crippen LogP contribution in [0.2, 0.25) is 0 Å². The summed E-state index contributed by atoms with van der Waals surface area (Å²) >= 11 is 0. The monoisotopic (exact) mass is 464 g/mol. The van der Waals surface area contributed by atoms with Crippen LogP contribution in [0.3, 0.4) is 0 Å². The molecule has 3 aromatic carbocycles. The fourth-order valence-electron chi connectivity index (χ4n) is 4.12. The minimum absolute atomic E-state index is 0.115. The third-order valence-electron chi connectivity index (χ3n) is 6.28. The molecule has 1 heterocycles. The highest BCUT2D eigenvalue weighted by Gasteiger charge is 2.25. The molecule has 0 radical (unpaired) electrons. The Bertz CT molecular complexity index is 1420. The number of anilines is 1. The molecule has 2 N–H and O–H groups in total. The van der Waals surface area contributed by atoms with Crippen LogP contribution in [0, 0.1) is 20.8 Å². The van der Waals surface area contributed by atoms with Crippen molar-refractivity contribution in [2.75, 3.05) is 5.32 Å². The number of hydrogen-bond acceptors (Lipinski definition) is 3. The molecule has 1 saturated carbocycles. The quantitative estimate of drug-likeness (QED) is 0.389. The number of nitrogens with one attached hydrogen (secondary N) is 2. The normalized spacial score (nSPS) is 12.9. The molecule has 0 atom stereocenters. The smallest absolute Gasteiger partial charge is 0.259 e. The second-order valence-corrected chi connectivity index (χ2v) is 9.22. The van der Waals surface area contributed by atoms with Gasteiger partial charge in [-0.05, 0) is 69.0 Å². The highest BCUT2D eigenvalue weighted by Crippen LogP contribution is 2.29. The molecule has 1 aromatic heterocycles. The maximum atomic E-state index is 13.6. The summed E-state index contributed by atoms with van der Waals surface area (Å²) in [5.74, 6) is -0.388. The van der Waals surface area contributed by atoms with Crippen LogP contribution in [0.4, 0.5) is 5.69 Å². The third kappa shape index (κ3) is 4.87. The minimum atomic E-state index is -0.273. The van der Waals surface area contributed by atoms with Gasteiger partial charge in [0.15, 0.2) is 0 Å². The van der Waals surface area contributed by atoms with Gasteiger partial charge in [-0.1, -0.05) is 48.0 Å². The zero-order valence-electron chi connectivity index (χ0n) is 20.1. The number of carbonyl (C=O) groups excluding carboxylic acids is 2. The van der Waals surface area contributed by atoms with Gasteiger partial charge in [-0.15, -0.1) is 0 Å². The van der Waals surface area contributed by atoms with Gasteiger partial charge in [-0.25, -0.2) is 4.68 Å².